The molecule has 1 aliphatic heterocycles. The van der Waals surface area contributed by atoms with Gasteiger partial charge in [0.25, 0.3) is 0 Å². The van der Waals surface area contributed by atoms with Crippen LogP contribution in [0.5, 0.6) is 11.5 Å². The maximum atomic E-state index is 13.0. The molecule has 1 heterocycles. The van der Waals surface area contributed by atoms with Crippen molar-refractivity contribution >= 4 is 34.8 Å². The van der Waals surface area contributed by atoms with Crippen LogP contribution in [0.2, 0.25) is 5.02 Å². The molecule has 0 saturated carbocycles. The zero-order valence-electron chi connectivity index (χ0n) is 17.9. The van der Waals surface area contributed by atoms with Gasteiger partial charge in [-0.1, -0.05) is 43.6 Å². The van der Waals surface area contributed by atoms with Crippen molar-refractivity contribution in [2.24, 2.45) is 5.92 Å². The molecule has 0 unspecified atom stereocenters. The Morgan fingerprint density at radius 1 is 1.20 bits per heavy atom. The van der Waals surface area contributed by atoms with Crippen LogP contribution in [0.1, 0.15) is 37.3 Å². The van der Waals surface area contributed by atoms with Crippen molar-refractivity contribution in [3.8, 4) is 11.5 Å². The van der Waals surface area contributed by atoms with Crippen molar-refractivity contribution < 1.29 is 19.1 Å². The molecule has 0 aliphatic carbocycles. The molecule has 160 valence electrons. The molecular formula is C23H27ClN2O4. The highest BCUT2D eigenvalue weighted by molar-refractivity contribution is 6.32. The largest absolute Gasteiger partial charge is 0.495 e. The number of benzene rings is 2. The van der Waals surface area contributed by atoms with Gasteiger partial charge in [-0.25, -0.2) is 0 Å². The van der Waals surface area contributed by atoms with Crippen molar-refractivity contribution in [3.05, 3.63) is 46.5 Å². The Morgan fingerprint density at radius 2 is 1.90 bits per heavy atom. The van der Waals surface area contributed by atoms with E-state index in [9.17, 15) is 9.59 Å². The number of anilines is 2. The third kappa shape index (κ3) is 4.24. The van der Waals surface area contributed by atoms with Gasteiger partial charge in [-0.05, 0) is 30.0 Å². The Labute approximate surface area is 182 Å². The van der Waals surface area contributed by atoms with E-state index in [-0.39, 0.29) is 30.7 Å². The van der Waals surface area contributed by atoms with Crippen LogP contribution in [0.4, 0.5) is 11.4 Å². The minimum atomic E-state index is -0.470. The van der Waals surface area contributed by atoms with Crippen molar-refractivity contribution in [2.75, 3.05) is 31.0 Å². The summed E-state index contributed by atoms with van der Waals surface area (Å²) in [7, 11) is 3.03. The first-order valence-electron chi connectivity index (χ1n) is 9.89. The molecule has 2 aromatic rings. The number of carbonyl (C=O) groups is 2. The number of methoxy groups -OCH3 is 2. The first kappa shape index (κ1) is 22.0. The summed E-state index contributed by atoms with van der Waals surface area (Å²) in [6, 6.07) is 9.25. The van der Waals surface area contributed by atoms with E-state index in [0.29, 0.717) is 22.2 Å². The average molecular weight is 431 g/mol. The molecule has 1 aliphatic rings. The van der Waals surface area contributed by atoms with E-state index in [1.54, 1.807) is 17.0 Å². The van der Waals surface area contributed by atoms with Crippen LogP contribution in [0.25, 0.3) is 0 Å². The first-order chi connectivity index (χ1) is 14.3. The maximum absolute atomic E-state index is 13.0. The Hall–Kier alpha value is -2.73. The van der Waals surface area contributed by atoms with Gasteiger partial charge < -0.3 is 19.7 Å². The fourth-order valence-corrected chi connectivity index (χ4v) is 3.97. The van der Waals surface area contributed by atoms with Crippen LogP contribution in [0.15, 0.2) is 30.3 Å². The second kappa shape index (κ2) is 8.96. The van der Waals surface area contributed by atoms with E-state index < -0.39 is 5.92 Å². The lowest BCUT2D eigenvalue weighted by molar-refractivity contribution is -0.122. The molecule has 0 radical (unpaired) electrons. The van der Waals surface area contributed by atoms with Gasteiger partial charge in [0.15, 0.2) is 0 Å². The summed E-state index contributed by atoms with van der Waals surface area (Å²) in [6.07, 6.45) is 0.127. The van der Waals surface area contributed by atoms with E-state index >= 15 is 0 Å². The summed E-state index contributed by atoms with van der Waals surface area (Å²) in [5.41, 5.74) is 3.43. The van der Waals surface area contributed by atoms with Crippen molar-refractivity contribution in [1.82, 2.24) is 0 Å². The van der Waals surface area contributed by atoms with Gasteiger partial charge in [0.1, 0.15) is 11.5 Å². The molecule has 6 nitrogen and oxygen atoms in total. The van der Waals surface area contributed by atoms with Gasteiger partial charge >= 0.3 is 0 Å². The quantitative estimate of drug-likeness (QED) is 0.716. The number of amides is 2. The summed E-state index contributed by atoms with van der Waals surface area (Å²) in [4.78, 5) is 27.3. The van der Waals surface area contributed by atoms with E-state index in [4.69, 9.17) is 21.1 Å². The molecule has 0 spiro atoms. The molecule has 0 aromatic heterocycles. The maximum Gasteiger partial charge on any atom is 0.229 e. The predicted molar refractivity (Wildman–Crippen MR) is 119 cm³/mol. The summed E-state index contributed by atoms with van der Waals surface area (Å²) < 4.78 is 10.6. The normalized spacial score (nSPS) is 16.2. The Bertz CT molecular complexity index is 974. The van der Waals surface area contributed by atoms with E-state index in [1.165, 1.54) is 14.2 Å². The molecule has 1 fully saturated rings. The van der Waals surface area contributed by atoms with Gasteiger partial charge in [0, 0.05) is 24.7 Å². The van der Waals surface area contributed by atoms with Gasteiger partial charge in [0.2, 0.25) is 11.8 Å². The van der Waals surface area contributed by atoms with Crippen molar-refractivity contribution in [3.63, 3.8) is 0 Å². The smallest absolute Gasteiger partial charge is 0.229 e. The Kier molecular flexibility index (Phi) is 6.56. The van der Waals surface area contributed by atoms with Crippen LogP contribution in [0.3, 0.4) is 0 Å². The molecule has 1 saturated heterocycles. The van der Waals surface area contributed by atoms with Gasteiger partial charge in [0.05, 0.1) is 30.8 Å². The first-order valence-corrected chi connectivity index (χ1v) is 10.3. The van der Waals surface area contributed by atoms with Gasteiger partial charge in [-0.2, -0.15) is 0 Å². The zero-order chi connectivity index (χ0) is 22.0. The number of ether oxygens (including phenoxy) is 2. The van der Waals surface area contributed by atoms with Crippen LogP contribution < -0.4 is 19.7 Å². The highest BCUT2D eigenvalue weighted by Crippen LogP contribution is 2.40. The molecule has 1 N–H and O–H groups in total. The molecule has 30 heavy (non-hydrogen) atoms. The van der Waals surface area contributed by atoms with Crippen LogP contribution in [0, 0.1) is 12.8 Å². The highest BCUT2D eigenvalue weighted by atomic mass is 35.5. The standard InChI is InChI=1S/C23H27ClN2O4/c1-13(2)16-8-6-7-14(3)22(16)25-23(28)15-9-21(27)26(12-15)18-10-17(24)19(29-4)11-20(18)30-5/h6-8,10-11,13,15H,9,12H2,1-5H3,(H,25,28)/t15-/m1/s1. The van der Waals surface area contributed by atoms with Gasteiger partial charge in [-0.15, -0.1) is 0 Å². The summed E-state index contributed by atoms with van der Waals surface area (Å²) >= 11 is 6.26. The molecule has 3 rings (SSSR count). The molecular weight excluding hydrogens is 404 g/mol. The molecule has 0 bridgehead atoms. The van der Waals surface area contributed by atoms with Gasteiger partial charge in [-0.3, -0.25) is 9.59 Å². The number of rotatable bonds is 6. The lowest BCUT2D eigenvalue weighted by atomic mass is 9.97. The monoisotopic (exact) mass is 430 g/mol. The second-order valence-corrected chi connectivity index (χ2v) is 8.15. The van der Waals surface area contributed by atoms with E-state index in [1.807, 2.05) is 25.1 Å². The number of nitrogens with one attached hydrogen (secondary N) is 1. The number of nitrogens with zero attached hydrogens (tertiary/aromatic N) is 1. The molecule has 7 heteroatoms. The zero-order valence-corrected chi connectivity index (χ0v) is 18.7. The van der Waals surface area contributed by atoms with E-state index in [0.717, 1.165) is 16.8 Å². The lowest BCUT2D eigenvalue weighted by Crippen LogP contribution is -2.29. The molecule has 1 atom stereocenters. The summed E-state index contributed by atoms with van der Waals surface area (Å²) in [5, 5.41) is 3.43. The number of halogens is 1. The summed E-state index contributed by atoms with van der Waals surface area (Å²) in [6.45, 7) is 6.40. The number of hydrogen-bond acceptors (Lipinski definition) is 4. The number of aryl methyl sites for hydroxylation is 1. The highest BCUT2D eigenvalue weighted by Gasteiger charge is 2.37. The fourth-order valence-electron chi connectivity index (χ4n) is 3.74. The minimum absolute atomic E-state index is 0.127. The van der Waals surface area contributed by atoms with E-state index in [2.05, 4.69) is 19.2 Å². The minimum Gasteiger partial charge on any atom is -0.495 e. The second-order valence-electron chi connectivity index (χ2n) is 7.75. The SMILES string of the molecule is COc1cc(OC)c(N2C[C@H](C(=O)Nc3c(C)cccc3C(C)C)CC2=O)cc1Cl. The van der Waals surface area contributed by atoms with Crippen molar-refractivity contribution in [2.45, 2.75) is 33.1 Å². The lowest BCUT2D eigenvalue weighted by Gasteiger charge is -2.21. The van der Waals surface area contributed by atoms with Crippen LogP contribution in [-0.2, 0) is 9.59 Å². The third-order valence-corrected chi connectivity index (χ3v) is 5.71. The molecule has 2 aromatic carbocycles. The van der Waals surface area contributed by atoms with Crippen LogP contribution >= 0.6 is 11.6 Å². The number of para-hydroxylation sites is 1. The third-order valence-electron chi connectivity index (χ3n) is 5.42. The van der Waals surface area contributed by atoms with Crippen molar-refractivity contribution in [1.29, 1.82) is 0 Å². The fraction of sp³-hybridized carbons (Fsp3) is 0.391. The molecule has 2 amide bonds. The predicted octanol–water partition coefficient (Wildman–Crippen LogP) is 4.78. The Balaban J connectivity index is 1.83. The van der Waals surface area contributed by atoms with Crippen LogP contribution in [-0.4, -0.2) is 32.6 Å². The summed E-state index contributed by atoms with van der Waals surface area (Å²) in [5.74, 6) is 0.408. The topological polar surface area (TPSA) is 67.9 Å². The number of hydrogen-bond donors (Lipinski definition) is 1. The number of carbonyl (C=O) groups excluding carboxylic acids is 2. The average Bonchev–Trinajstić information content (AvgIpc) is 3.10. The Morgan fingerprint density at radius 3 is 2.53 bits per heavy atom.